The lowest BCUT2D eigenvalue weighted by Gasteiger charge is -1.88. The highest BCUT2D eigenvalue weighted by Gasteiger charge is 2.14. The normalized spacial score (nSPS) is 10.1. The number of hydrogen-bond acceptors (Lipinski definition) is 6. The van der Waals surface area contributed by atoms with E-state index >= 15 is 0 Å². The summed E-state index contributed by atoms with van der Waals surface area (Å²) in [7, 11) is 0. The zero-order valence-corrected chi connectivity index (χ0v) is 7.17. The molecule has 0 aliphatic rings. The summed E-state index contributed by atoms with van der Waals surface area (Å²) in [5.41, 5.74) is -0.175. The molecule has 0 radical (unpaired) electrons. The smallest absolute Gasteiger partial charge is 0.377 e. The molecule has 0 amide bonds. The van der Waals surface area contributed by atoms with E-state index in [-0.39, 0.29) is 17.1 Å². The molecule has 0 saturated carbocycles. The third kappa shape index (κ3) is 1.73. The SMILES string of the molecule is O=C(O)c1noc(-c2ccc(=O)[nH]n2)n1. The van der Waals surface area contributed by atoms with Crippen LogP contribution >= 0.6 is 0 Å². The number of nitrogens with zero attached hydrogens (tertiary/aromatic N) is 3. The van der Waals surface area contributed by atoms with Crippen LogP contribution in [0.25, 0.3) is 11.6 Å². The van der Waals surface area contributed by atoms with Gasteiger partial charge in [0.05, 0.1) is 0 Å². The topological polar surface area (TPSA) is 122 Å². The van der Waals surface area contributed by atoms with Crippen molar-refractivity contribution in [3.8, 4) is 11.6 Å². The molecular weight excluding hydrogens is 204 g/mol. The molecular formula is C7H4N4O4. The quantitative estimate of drug-likeness (QED) is 0.683. The molecule has 15 heavy (non-hydrogen) atoms. The largest absolute Gasteiger partial charge is 0.475 e. The minimum Gasteiger partial charge on any atom is -0.475 e. The first-order valence-corrected chi connectivity index (χ1v) is 3.80. The van der Waals surface area contributed by atoms with E-state index in [9.17, 15) is 9.59 Å². The second-order valence-corrected chi connectivity index (χ2v) is 2.53. The van der Waals surface area contributed by atoms with Crippen molar-refractivity contribution < 1.29 is 14.4 Å². The van der Waals surface area contributed by atoms with Crippen molar-refractivity contribution in [2.45, 2.75) is 0 Å². The zero-order chi connectivity index (χ0) is 10.8. The summed E-state index contributed by atoms with van der Waals surface area (Å²) in [6.07, 6.45) is 0. The molecule has 2 heterocycles. The van der Waals surface area contributed by atoms with Gasteiger partial charge in [0.15, 0.2) is 0 Å². The highest BCUT2D eigenvalue weighted by atomic mass is 16.5. The van der Waals surface area contributed by atoms with E-state index < -0.39 is 11.8 Å². The summed E-state index contributed by atoms with van der Waals surface area (Å²) in [6, 6.07) is 2.56. The molecule has 2 rings (SSSR count). The Bertz CT molecular complexity index is 538. The number of rotatable bonds is 2. The van der Waals surface area contributed by atoms with Gasteiger partial charge in [-0.15, -0.1) is 0 Å². The van der Waals surface area contributed by atoms with Gasteiger partial charge in [0.2, 0.25) is 0 Å². The molecule has 0 fully saturated rings. The molecule has 0 spiro atoms. The van der Waals surface area contributed by atoms with Crippen molar-refractivity contribution >= 4 is 5.97 Å². The summed E-state index contributed by atoms with van der Waals surface area (Å²) in [5.74, 6) is -1.82. The maximum Gasteiger partial charge on any atom is 0.377 e. The number of aromatic carboxylic acids is 1. The van der Waals surface area contributed by atoms with Crippen molar-refractivity contribution in [1.29, 1.82) is 0 Å². The molecule has 0 saturated heterocycles. The van der Waals surface area contributed by atoms with Crippen LogP contribution in [0.1, 0.15) is 10.6 Å². The lowest BCUT2D eigenvalue weighted by molar-refractivity contribution is 0.0680. The summed E-state index contributed by atoms with van der Waals surface area (Å²) >= 11 is 0. The molecule has 0 aliphatic carbocycles. The summed E-state index contributed by atoms with van der Waals surface area (Å²) in [5, 5.41) is 17.5. The Balaban J connectivity index is 2.41. The van der Waals surface area contributed by atoms with Gasteiger partial charge in [-0.25, -0.2) is 9.89 Å². The third-order valence-electron chi connectivity index (χ3n) is 1.52. The number of nitrogens with one attached hydrogen (secondary N) is 1. The maximum atomic E-state index is 10.7. The second kappa shape index (κ2) is 3.33. The molecule has 0 unspecified atom stereocenters. The number of carboxylic acids is 1. The van der Waals surface area contributed by atoms with Crippen molar-refractivity contribution in [1.82, 2.24) is 20.3 Å². The highest BCUT2D eigenvalue weighted by molar-refractivity contribution is 5.83. The number of aromatic nitrogens is 4. The van der Waals surface area contributed by atoms with Crippen LogP contribution in [0, 0.1) is 0 Å². The van der Waals surface area contributed by atoms with Gasteiger partial charge in [-0.05, 0) is 11.2 Å². The Morgan fingerprint density at radius 2 is 2.27 bits per heavy atom. The summed E-state index contributed by atoms with van der Waals surface area (Å²) < 4.78 is 4.63. The van der Waals surface area contributed by atoms with Crippen LogP contribution in [0.4, 0.5) is 0 Å². The first kappa shape index (κ1) is 9.06. The lowest BCUT2D eigenvalue weighted by atomic mass is 10.4. The monoisotopic (exact) mass is 208 g/mol. The molecule has 76 valence electrons. The Hall–Kier alpha value is -2.51. The van der Waals surface area contributed by atoms with Gasteiger partial charge in [-0.3, -0.25) is 4.79 Å². The number of carboxylic acid groups (broad SMARTS) is 1. The second-order valence-electron chi connectivity index (χ2n) is 2.53. The number of carbonyl (C=O) groups is 1. The molecule has 2 N–H and O–H groups in total. The van der Waals surface area contributed by atoms with Crippen LogP contribution in [-0.2, 0) is 0 Å². The maximum absolute atomic E-state index is 10.7. The van der Waals surface area contributed by atoms with Gasteiger partial charge < -0.3 is 9.63 Å². The molecule has 0 atom stereocenters. The van der Waals surface area contributed by atoms with E-state index in [1.54, 1.807) is 0 Å². The van der Waals surface area contributed by atoms with Crippen molar-refractivity contribution in [2.75, 3.05) is 0 Å². The molecule has 2 aromatic heterocycles. The van der Waals surface area contributed by atoms with Gasteiger partial charge >= 0.3 is 5.97 Å². The van der Waals surface area contributed by atoms with E-state index in [4.69, 9.17) is 5.11 Å². The summed E-state index contributed by atoms with van der Waals surface area (Å²) in [4.78, 5) is 24.7. The van der Waals surface area contributed by atoms with Crippen LogP contribution in [0.15, 0.2) is 21.5 Å². The van der Waals surface area contributed by atoms with Crippen LogP contribution < -0.4 is 5.56 Å². The Kier molecular flexibility index (Phi) is 2.01. The van der Waals surface area contributed by atoms with Crippen molar-refractivity contribution in [3.63, 3.8) is 0 Å². The summed E-state index contributed by atoms with van der Waals surface area (Å²) in [6.45, 7) is 0. The molecule has 8 heteroatoms. The van der Waals surface area contributed by atoms with Crippen LogP contribution in [0.2, 0.25) is 0 Å². The fraction of sp³-hybridized carbons (Fsp3) is 0. The van der Waals surface area contributed by atoms with E-state index in [1.807, 2.05) is 0 Å². The van der Waals surface area contributed by atoms with Gasteiger partial charge in [0.1, 0.15) is 5.69 Å². The third-order valence-corrected chi connectivity index (χ3v) is 1.52. The highest BCUT2D eigenvalue weighted by Crippen LogP contribution is 2.11. The molecule has 0 aromatic carbocycles. The number of hydrogen-bond donors (Lipinski definition) is 2. The minimum absolute atomic E-state index is 0.0661. The standard InChI is InChI=1S/C7H4N4O4/c12-4-2-1-3(9-10-4)6-8-5(7(13)14)11-15-6/h1-2H,(H,10,12)(H,13,14). The average Bonchev–Trinajstić information content (AvgIpc) is 2.68. The van der Waals surface area contributed by atoms with Crippen LogP contribution in [0.5, 0.6) is 0 Å². The van der Waals surface area contributed by atoms with Gasteiger partial charge in [0.25, 0.3) is 17.3 Å². The van der Waals surface area contributed by atoms with E-state index in [0.717, 1.165) is 0 Å². The molecule has 2 aromatic rings. The first-order chi connectivity index (χ1) is 7.16. The molecule has 0 bridgehead atoms. The average molecular weight is 208 g/mol. The Morgan fingerprint density at radius 3 is 2.80 bits per heavy atom. The predicted molar refractivity (Wildman–Crippen MR) is 45.1 cm³/mol. The van der Waals surface area contributed by atoms with E-state index in [0.29, 0.717) is 0 Å². The minimum atomic E-state index is -1.30. The van der Waals surface area contributed by atoms with Crippen molar-refractivity contribution in [3.05, 3.63) is 28.3 Å². The van der Waals surface area contributed by atoms with Gasteiger partial charge in [-0.1, -0.05) is 0 Å². The fourth-order valence-electron chi connectivity index (χ4n) is 0.878. The molecule has 8 nitrogen and oxygen atoms in total. The predicted octanol–water partition coefficient (Wildman–Crippen LogP) is -0.482. The van der Waals surface area contributed by atoms with E-state index in [1.165, 1.54) is 12.1 Å². The fourth-order valence-corrected chi connectivity index (χ4v) is 0.878. The van der Waals surface area contributed by atoms with Crippen LogP contribution in [-0.4, -0.2) is 31.4 Å². The number of aromatic amines is 1. The lowest BCUT2D eigenvalue weighted by Crippen LogP contribution is -2.05. The van der Waals surface area contributed by atoms with E-state index in [2.05, 4.69) is 24.9 Å². The van der Waals surface area contributed by atoms with Gasteiger partial charge in [-0.2, -0.15) is 10.1 Å². The van der Waals surface area contributed by atoms with Gasteiger partial charge in [0, 0.05) is 6.07 Å². The Labute approximate surface area is 81.6 Å². The molecule has 0 aliphatic heterocycles. The number of H-pyrrole nitrogens is 1. The zero-order valence-electron chi connectivity index (χ0n) is 7.17. The first-order valence-electron chi connectivity index (χ1n) is 3.80. The van der Waals surface area contributed by atoms with Crippen LogP contribution in [0.3, 0.4) is 0 Å². The Morgan fingerprint density at radius 1 is 1.47 bits per heavy atom. The van der Waals surface area contributed by atoms with Crippen molar-refractivity contribution in [2.24, 2.45) is 0 Å².